The van der Waals surface area contributed by atoms with E-state index >= 15 is 0 Å². The predicted molar refractivity (Wildman–Crippen MR) is 66.3 cm³/mol. The van der Waals surface area contributed by atoms with Crippen LogP contribution in [-0.2, 0) is 11.3 Å². The second-order valence-electron chi connectivity index (χ2n) is 3.82. The zero-order chi connectivity index (χ0) is 11.5. The van der Waals surface area contributed by atoms with Gasteiger partial charge in [-0.25, -0.2) is 0 Å². The van der Waals surface area contributed by atoms with E-state index in [1.165, 1.54) is 12.8 Å². The molecule has 0 fully saturated rings. The van der Waals surface area contributed by atoms with Gasteiger partial charge in [-0.2, -0.15) is 0 Å². The maximum Gasteiger partial charge on any atom is 0.0541 e. The minimum absolute atomic E-state index is 0.843. The fourth-order valence-corrected chi connectivity index (χ4v) is 1.37. The lowest BCUT2D eigenvalue weighted by molar-refractivity contribution is 0.128. The molecule has 1 aromatic rings. The predicted octanol–water partition coefficient (Wildman–Crippen LogP) is 2.38. The third-order valence-corrected chi connectivity index (χ3v) is 2.32. The van der Waals surface area contributed by atoms with Crippen molar-refractivity contribution in [3.8, 4) is 0 Å². The standard InChI is InChI=1S/C13H22N2O/c1-2-3-10-16-11-6-8-14-12-13-7-4-5-9-15-13/h4-5,7,9,14H,2-3,6,8,10-12H2,1H3. The van der Waals surface area contributed by atoms with Crippen LogP contribution in [-0.4, -0.2) is 24.7 Å². The van der Waals surface area contributed by atoms with Gasteiger partial charge >= 0.3 is 0 Å². The number of pyridine rings is 1. The molecule has 1 N–H and O–H groups in total. The topological polar surface area (TPSA) is 34.1 Å². The van der Waals surface area contributed by atoms with Crippen molar-refractivity contribution in [2.75, 3.05) is 19.8 Å². The summed E-state index contributed by atoms with van der Waals surface area (Å²) in [6.07, 6.45) is 5.26. The van der Waals surface area contributed by atoms with Crippen LogP contribution in [0.4, 0.5) is 0 Å². The summed E-state index contributed by atoms with van der Waals surface area (Å²) in [5, 5.41) is 3.35. The molecule has 1 heterocycles. The van der Waals surface area contributed by atoms with E-state index in [-0.39, 0.29) is 0 Å². The minimum atomic E-state index is 0.843. The Bertz CT molecular complexity index is 251. The molecule has 0 radical (unpaired) electrons. The highest BCUT2D eigenvalue weighted by atomic mass is 16.5. The van der Waals surface area contributed by atoms with E-state index in [4.69, 9.17) is 4.74 Å². The Morgan fingerprint density at radius 1 is 1.25 bits per heavy atom. The summed E-state index contributed by atoms with van der Waals surface area (Å²) in [5.41, 5.74) is 1.09. The van der Waals surface area contributed by atoms with E-state index < -0.39 is 0 Å². The van der Waals surface area contributed by atoms with Gasteiger partial charge < -0.3 is 10.1 Å². The number of unbranched alkanes of at least 4 members (excludes halogenated alkanes) is 1. The van der Waals surface area contributed by atoms with Crippen molar-refractivity contribution in [3.05, 3.63) is 30.1 Å². The lowest BCUT2D eigenvalue weighted by Gasteiger charge is -2.05. The molecule has 0 amide bonds. The quantitative estimate of drug-likeness (QED) is 0.651. The van der Waals surface area contributed by atoms with Crippen LogP contribution in [0.5, 0.6) is 0 Å². The van der Waals surface area contributed by atoms with Crippen LogP contribution in [0.2, 0.25) is 0 Å². The van der Waals surface area contributed by atoms with Crippen LogP contribution in [0.15, 0.2) is 24.4 Å². The summed E-state index contributed by atoms with van der Waals surface area (Å²) in [6, 6.07) is 5.98. The summed E-state index contributed by atoms with van der Waals surface area (Å²) in [7, 11) is 0. The van der Waals surface area contributed by atoms with Crippen molar-refractivity contribution in [1.29, 1.82) is 0 Å². The first kappa shape index (κ1) is 13.1. The number of hydrogen-bond acceptors (Lipinski definition) is 3. The highest BCUT2D eigenvalue weighted by molar-refractivity contribution is 5.02. The Labute approximate surface area is 98.2 Å². The van der Waals surface area contributed by atoms with E-state index in [1.54, 1.807) is 0 Å². The van der Waals surface area contributed by atoms with Crippen molar-refractivity contribution < 1.29 is 4.74 Å². The van der Waals surface area contributed by atoms with Gasteiger partial charge in [-0.15, -0.1) is 0 Å². The second kappa shape index (κ2) is 9.31. The summed E-state index contributed by atoms with van der Waals surface area (Å²) in [5.74, 6) is 0. The van der Waals surface area contributed by atoms with Gasteiger partial charge in [0, 0.05) is 26.0 Å². The molecule has 1 aromatic heterocycles. The number of nitrogens with one attached hydrogen (secondary N) is 1. The van der Waals surface area contributed by atoms with Crippen LogP contribution in [0, 0.1) is 0 Å². The van der Waals surface area contributed by atoms with Crippen molar-refractivity contribution in [2.24, 2.45) is 0 Å². The molecule has 0 unspecified atom stereocenters. The van der Waals surface area contributed by atoms with Gasteiger partial charge in [0.25, 0.3) is 0 Å². The molecule has 0 bridgehead atoms. The highest BCUT2D eigenvalue weighted by Crippen LogP contribution is 1.92. The zero-order valence-electron chi connectivity index (χ0n) is 10.1. The Morgan fingerprint density at radius 3 is 2.88 bits per heavy atom. The smallest absolute Gasteiger partial charge is 0.0541 e. The number of ether oxygens (including phenoxy) is 1. The molecule has 0 aliphatic heterocycles. The number of nitrogens with zero attached hydrogens (tertiary/aromatic N) is 1. The molecule has 0 saturated heterocycles. The monoisotopic (exact) mass is 222 g/mol. The van der Waals surface area contributed by atoms with Gasteiger partial charge in [0.15, 0.2) is 0 Å². The van der Waals surface area contributed by atoms with Gasteiger partial charge in [-0.1, -0.05) is 19.4 Å². The van der Waals surface area contributed by atoms with Crippen LogP contribution in [0.3, 0.4) is 0 Å². The molecule has 90 valence electrons. The summed E-state index contributed by atoms with van der Waals surface area (Å²) < 4.78 is 5.47. The Morgan fingerprint density at radius 2 is 2.12 bits per heavy atom. The van der Waals surface area contributed by atoms with Gasteiger partial charge in [-0.3, -0.25) is 4.98 Å². The molecule has 0 atom stereocenters. The summed E-state index contributed by atoms with van der Waals surface area (Å²) >= 11 is 0. The van der Waals surface area contributed by atoms with Crippen molar-refractivity contribution in [2.45, 2.75) is 32.7 Å². The van der Waals surface area contributed by atoms with Gasteiger partial charge in [0.1, 0.15) is 0 Å². The number of hydrogen-bond donors (Lipinski definition) is 1. The Balaban J connectivity index is 1.89. The van der Waals surface area contributed by atoms with Gasteiger partial charge in [0.2, 0.25) is 0 Å². The number of aromatic nitrogens is 1. The summed E-state index contributed by atoms with van der Waals surface area (Å²) in [4.78, 5) is 4.24. The number of rotatable bonds is 9. The first-order chi connectivity index (χ1) is 7.93. The maximum absolute atomic E-state index is 5.47. The Kier molecular flexibility index (Phi) is 7.64. The highest BCUT2D eigenvalue weighted by Gasteiger charge is 1.92. The molecule has 16 heavy (non-hydrogen) atoms. The molecule has 0 aromatic carbocycles. The lowest BCUT2D eigenvalue weighted by Crippen LogP contribution is -2.17. The molecule has 3 heteroatoms. The lowest BCUT2D eigenvalue weighted by atomic mass is 10.3. The van der Waals surface area contributed by atoms with Crippen LogP contribution >= 0.6 is 0 Å². The van der Waals surface area contributed by atoms with E-state index in [0.29, 0.717) is 0 Å². The average Bonchev–Trinajstić information content (AvgIpc) is 2.34. The molecule has 0 spiro atoms. The van der Waals surface area contributed by atoms with Crippen molar-refractivity contribution in [3.63, 3.8) is 0 Å². The van der Waals surface area contributed by atoms with E-state index in [2.05, 4.69) is 17.2 Å². The van der Waals surface area contributed by atoms with Gasteiger partial charge in [0.05, 0.1) is 5.69 Å². The SMILES string of the molecule is CCCCOCCCNCc1ccccn1. The average molecular weight is 222 g/mol. The normalized spacial score (nSPS) is 10.6. The molecule has 0 aliphatic carbocycles. The molecule has 0 saturated carbocycles. The minimum Gasteiger partial charge on any atom is -0.381 e. The maximum atomic E-state index is 5.47. The third-order valence-electron chi connectivity index (χ3n) is 2.32. The van der Waals surface area contributed by atoms with E-state index in [9.17, 15) is 0 Å². The van der Waals surface area contributed by atoms with Crippen LogP contribution < -0.4 is 5.32 Å². The first-order valence-corrected chi connectivity index (χ1v) is 6.12. The largest absolute Gasteiger partial charge is 0.381 e. The van der Waals surface area contributed by atoms with Crippen molar-refractivity contribution in [1.82, 2.24) is 10.3 Å². The van der Waals surface area contributed by atoms with Crippen LogP contribution in [0.25, 0.3) is 0 Å². The van der Waals surface area contributed by atoms with E-state index in [0.717, 1.165) is 38.4 Å². The van der Waals surface area contributed by atoms with E-state index in [1.807, 2.05) is 24.4 Å². The fourth-order valence-electron chi connectivity index (χ4n) is 1.37. The van der Waals surface area contributed by atoms with Crippen LogP contribution in [0.1, 0.15) is 31.9 Å². The third kappa shape index (κ3) is 6.53. The molecule has 0 aliphatic rings. The Hall–Kier alpha value is -0.930. The zero-order valence-corrected chi connectivity index (χ0v) is 10.1. The molecule has 3 nitrogen and oxygen atoms in total. The molecule has 1 rings (SSSR count). The first-order valence-electron chi connectivity index (χ1n) is 6.12. The summed E-state index contributed by atoms with van der Waals surface area (Å²) in [6.45, 7) is 5.77. The van der Waals surface area contributed by atoms with Gasteiger partial charge in [-0.05, 0) is 31.5 Å². The molecular weight excluding hydrogens is 200 g/mol. The second-order valence-corrected chi connectivity index (χ2v) is 3.82. The fraction of sp³-hybridized carbons (Fsp3) is 0.615. The molecular formula is C13H22N2O. The van der Waals surface area contributed by atoms with Crippen molar-refractivity contribution >= 4 is 0 Å².